The molecule has 4 rings (SSSR count). The highest BCUT2D eigenvalue weighted by molar-refractivity contribution is 8.02. The first-order valence-corrected chi connectivity index (χ1v) is 13.8. The smallest absolute Gasteiger partial charge is 0.311 e. The van der Waals surface area contributed by atoms with E-state index in [-0.39, 0.29) is 37.5 Å². The predicted molar refractivity (Wildman–Crippen MR) is 142 cm³/mol. The number of benzene rings is 1. The molecule has 1 aromatic rings. The van der Waals surface area contributed by atoms with E-state index >= 15 is 0 Å². The number of hydrogen-bond donors (Lipinski definition) is 1. The molecule has 7 nitrogen and oxygen atoms in total. The number of nitrogens with zero attached hydrogens (tertiary/aromatic N) is 2. The highest BCUT2D eigenvalue weighted by atomic mass is 35.5. The zero-order chi connectivity index (χ0) is 26.3. The summed E-state index contributed by atoms with van der Waals surface area (Å²) in [5, 5.41) is 9.81. The van der Waals surface area contributed by atoms with Crippen molar-refractivity contribution in [2.24, 2.45) is 11.8 Å². The second-order valence-corrected chi connectivity index (χ2v) is 12.4. The molecule has 3 aliphatic heterocycles. The highest BCUT2D eigenvalue weighted by Crippen LogP contribution is 2.71. The standard InChI is InChI=1S/C27H35ClN2O5S/c1-5-14-29(21-17(3)10-9-11-18(21)28)24(33)22-27-13-12-26(4,36-27)20(25(34)35-6-2)19(27)23(32)30(22)15-7-8-16-31/h5,9-11,19-20,22,31H,1,6-8,12-16H2,2-4H3/t19-,20-,22?,26+,27?/m0/s1. The average Bonchev–Trinajstić information content (AvgIpc) is 3.39. The minimum absolute atomic E-state index is 0.00882. The molecule has 2 unspecified atom stereocenters. The van der Waals surface area contributed by atoms with Crippen LogP contribution >= 0.6 is 23.4 Å². The van der Waals surface area contributed by atoms with E-state index in [1.807, 2.05) is 26.0 Å². The molecule has 1 spiro atoms. The van der Waals surface area contributed by atoms with Gasteiger partial charge in [0.25, 0.3) is 5.91 Å². The molecule has 2 bridgehead atoms. The topological polar surface area (TPSA) is 87.2 Å². The Morgan fingerprint density at radius 2 is 2.11 bits per heavy atom. The molecule has 9 heteroatoms. The number of ether oxygens (including phenoxy) is 1. The van der Waals surface area contributed by atoms with Crippen LogP contribution in [0, 0.1) is 18.8 Å². The van der Waals surface area contributed by atoms with Crippen LogP contribution in [-0.2, 0) is 19.1 Å². The first-order valence-electron chi connectivity index (χ1n) is 12.6. The molecule has 0 saturated carbocycles. The number of aliphatic hydroxyl groups excluding tert-OH is 1. The SMILES string of the molecule is C=CCN(C(=O)C1N(CCCCO)C(=O)[C@@H]2[C@@H](C(=O)OCC)[C@@]3(C)CCC12S3)c1c(C)cccc1Cl. The Bertz CT molecular complexity index is 1050. The fourth-order valence-electron chi connectivity index (χ4n) is 6.46. The fourth-order valence-corrected chi connectivity index (χ4v) is 9.13. The van der Waals surface area contributed by atoms with E-state index in [0.717, 1.165) is 12.0 Å². The number of fused-ring (bicyclic) bond motifs is 1. The maximum Gasteiger partial charge on any atom is 0.311 e. The Hall–Kier alpha value is -2.03. The molecule has 0 aliphatic carbocycles. The summed E-state index contributed by atoms with van der Waals surface area (Å²) in [6.45, 7) is 10.4. The van der Waals surface area contributed by atoms with Gasteiger partial charge in [-0.3, -0.25) is 14.4 Å². The lowest BCUT2D eigenvalue weighted by atomic mass is 9.66. The summed E-state index contributed by atoms with van der Waals surface area (Å²) in [5.41, 5.74) is 1.46. The molecule has 36 heavy (non-hydrogen) atoms. The van der Waals surface area contributed by atoms with Crippen LogP contribution in [-0.4, -0.2) is 69.6 Å². The van der Waals surface area contributed by atoms with Crippen LogP contribution in [0.2, 0.25) is 5.02 Å². The number of amides is 2. The third kappa shape index (κ3) is 4.15. The lowest BCUT2D eigenvalue weighted by molar-refractivity contribution is -0.155. The van der Waals surface area contributed by atoms with E-state index in [4.69, 9.17) is 16.3 Å². The number of aryl methyl sites for hydroxylation is 1. The number of rotatable bonds is 10. The second kappa shape index (κ2) is 10.4. The van der Waals surface area contributed by atoms with E-state index in [2.05, 4.69) is 6.58 Å². The Labute approximate surface area is 222 Å². The number of halogens is 1. The average molecular weight is 535 g/mol. The first kappa shape index (κ1) is 27.0. The molecular weight excluding hydrogens is 500 g/mol. The number of carbonyl (C=O) groups excluding carboxylic acids is 3. The van der Waals surface area contributed by atoms with Crippen molar-refractivity contribution in [1.82, 2.24) is 4.90 Å². The van der Waals surface area contributed by atoms with Crippen molar-refractivity contribution in [2.75, 3.05) is 31.2 Å². The second-order valence-electron chi connectivity index (χ2n) is 10.1. The Morgan fingerprint density at radius 3 is 2.75 bits per heavy atom. The van der Waals surface area contributed by atoms with Crippen molar-refractivity contribution in [3.63, 3.8) is 0 Å². The number of esters is 1. The van der Waals surface area contributed by atoms with Gasteiger partial charge in [-0.05, 0) is 58.1 Å². The van der Waals surface area contributed by atoms with Crippen LogP contribution in [0.25, 0.3) is 0 Å². The quantitative estimate of drug-likeness (QED) is 0.277. The van der Waals surface area contributed by atoms with Crippen molar-refractivity contribution < 1.29 is 24.2 Å². The summed E-state index contributed by atoms with van der Waals surface area (Å²) in [7, 11) is 0. The zero-order valence-corrected chi connectivity index (χ0v) is 22.7. The van der Waals surface area contributed by atoms with Gasteiger partial charge >= 0.3 is 5.97 Å². The van der Waals surface area contributed by atoms with Gasteiger partial charge in [0.2, 0.25) is 5.91 Å². The van der Waals surface area contributed by atoms with Crippen LogP contribution in [0.1, 0.15) is 45.1 Å². The van der Waals surface area contributed by atoms with E-state index in [1.54, 1.807) is 40.6 Å². The molecule has 1 aromatic carbocycles. The van der Waals surface area contributed by atoms with Crippen LogP contribution in [0.4, 0.5) is 5.69 Å². The van der Waals surface area contributed by atoms with E-state index in [1.165, 1.54) is 0 Å². The molecule has 5 atom stereocenters. The lowest BCUT2D eigenvalue weighted by Gasteiger charge is -2.37. The maximum atomic E-state index is 14.5. The number of aliphatic hydroxyl groups is 1. The van der Waals surface area contributed by atoms with Gasteiger partial charge in [0.05, 0.1) is 33.9 Å². The number of para-hydroxylation sites is 1. The molecule has 0 radical (unpaired) electrons. The molecule has 196 valence electrons. The van der Waals surface area contributed by atoms with E-state index < -0.39 is 27.4 Å². The third-order valence-electron chi connectivity index (χ3n) is 7.89. The maximum absolute atomic E-state index is 14.5. The summed E-state index contributed by atoms with van der Waals surface area (Å²) in [4.78, 5) is 45.0. The van der Waals surface area contributed by atoms with Crippen molar-refractivity contribution >= 4 is 46.8 Å². The summed E-state index contributed by atoms with van der Waals surface area (Å²) in [6.07, 6.45) is 4.13. The Balaban J connectivity index is 1.81. The number of hydrogen-bond acceptors (Lipinski definition) is 6. The molecule has 0 aromatic heterocycles. The van der Waals surface area contributed by atoms with Gasteiger partial charge in [-0.25, -0.2) is 0 Å². The van der Waals surface area contributed by atoms with Crippen LogP contribution in [0.5, 0.6) is 0 Å². The van der Waals surface area contributed by atoms with E-state index in [9.17, 15) is 19.5 Å². The van der Waals surface area contributed by atoms with E-state index in [0.29, 0.717) is 36.5 Å². The predicted octanol–water partition coefficient (Wildman–Crippen LogP) is 3.98. The monoisotopic (exact) mass is 534 g/mol. The van der Waals surface area contributed by atoms with Crippen molar-refractivity contribution in [3.05, 3.63) is 41.4 Å². The number of unbranched alkanes of at least 4 members (excludes halogenated alkanes) is 1. The third-order valence-corrected chi connectivity index (χ3v) is 10.2. The van der Waals surface area contributed by atoms with Crippen LogP contribution < -0.4 is 4.90 Å². The molecule has 3 saturated heterocycles. The Kier molecular flexibility index (Phi) is 7.79. The van der Waals surface area contributed by atoms with Gasteiger partial charge in [0.15, 0.2) is 0 Å². The number of carbonyl (C=O) groups is 3. The summed E-state index contributed by atoms with van der Waals surface area (Å²) >= 11 is 8.20. The summed E-state index contributed by atoms with van der Waals surface area (Å²) in [5.74, 6) is -1.97. The van der Waals surface area contributed by atoms with Gasteiger partial charge in [-0.2, -0.15) is 0 Å². The van der Waals surface area contributed by atoms with Crippen molar-refractivity contribution in [3.8, 4) is 0 Å². The number of anilines is 1. The highest BCUT2D eigenvalue weighted by Gasteiger charge is 2.77. The van der Waals surface area contributed by atoms with Gasteiger partial charge < -0.3 is 19.6 Å². The number of thioether (sulfide) groups is 1. The van der Waals surface area contributed by atoms with Gasteiger partial charge in [-0.15, -0.1) is 18.3 Å². The lowest BCUT2D eigenvalue weighted by Crippen LogP contribution is -2.55. The van der Waals surface area contributed by atoms with Gasteiger partial charge in [0.1, 0.15) is 6.04 Å². The van der Waals surface area contributed by atoms with Gasteiger partial charge in [-0.1, -0.05) is 29.8 Å². The largest absolute Gasteiger partial charge is 0.466 e. The molecule has 1 N–H and O–H groups in total. The minimum Gasteiger partial charge on any atom is -0.466 e. The molecule has 3 heterocycles. The minimum atomic E-state index is -0.754. The van der Waals surface area contributed by atoms with Gasteiger partial charge in [0, 0.05) is 24.4 Å². The molecule has 3 aliphatic rings. The normalized spacial score (nSPS) is 30.4. The van der Waals surface area contributed by atoms with Crippen LogP contribution in [0.15, 0.2) is 30.9 Å². The van der Waals surface area contributed by atoms with Crippen molar-refractivity contribution in [1.29, 1.82) is 0 Å². The zero-order valence-electron chi connectivity index (χ0n) is 21.2. The molecular formula is C27H35ClN2O5S. The summed E-state index contributed by atoms with van der Waals surface area (Å²) < 4.78 is 4.24. The Morgan fingerprint density at radius 1 is 1.36 bits per heavy atom. The molecule has 2 amide bonds. The first-order chi connectivity index (χ1) is 17.2. The fraction of sp³-hybridized carbons (Fsp3) is 0.593. The molecule has 3 fully saturated rings. The van der Waals surface area contributed by atoms with Crippen LogP contribution in [0.3, 0.4) is 0 Å². The summed E-state index contributed by atoms with van der Waals surface area (Å²) in [6, 6.07) is 4.74. The number of likely N-dealkylation sites (tertiary alicyclic amines) is 1. The van der Waals surface area contributed by atoms with Crippen molar-refractivity contribution in [2.45, 2.75) is 62.0 Å².